The molecule has 21 heavy (non-hydrogen) atoms. The normalized spacial score (nSPS) is 10.7. The third-order valence-electron chi connectivity index (χ3n) is 2.62. The van der Waals surface area contributed by atoms with Gasteiger partial charge in [-0.1, -0.05) is 41.6 Å². The molecule has 0 atom stereocenters. The Morgan fingerprint density at radius 3 is 2.62 bits per heavy atom. The zero-order valence-corrected chi connectivity index (χ0v) is 12.2. The molecule has 7 heteroatoms. The average Bonchev–Trinajstić information content (AvgIpc) is 2.43. The molecule has 2 aromatic carbocycles. The monoisotopic (exact) mass is 328 g/mol. The van der Waals surface area contributed by atoms with E-state index < -0.39 is 11.7 Å². The van der Waals surface area contributed by atoms with Gasteiger partial charge in [-0.15, -0.1) is 0 Å². The molecule has 0 spiro atoms. The maximum atomic E-state index is 12.5. The van der Waals surface area contributed by atoms with Crippen LogP contribution in [-0.2, 0) is 0 Å². The van der Waals surface area contributed by atoms with Crippen molar-refractivity contribution in [3.8, 4) is 0 Å². The molecule has 0 saturated heterocycles. The number of nitrogens with one attached hydrogen (secondary N) is 1. The second-order valence-electron chi connectivity index (χ2n) is 4.04. The number of thioether (sulfide) groups is 1. The Kier molecular flexibility index (Phi) is 5.03. The van der Waals surface area contributed by atoms with Crippen LogP contribution in [-0.4, -0.2) is 11.7 Å². The van der Waals surface area contributed by atoms with Crippen molar-refractivity contribution in [1.29, 1.82) is 0 Å². The molecule has 0 heterocycles. The van der Waals surface area contributed by atoms with E-state index in [9.17, 15) is 13.6 Å². The first-order valence-electron chi connectivity index (χ1n) is 5.88. The van der Waals surface area contributed by atoms with Crippen LogP contribution in [0.5, 0.6) is 0 Å². The minimum Gasteiger partial charge on any atom is -0.398 e. The van der Waals surface area contributed by atoms with Gasteiger partial charge >= 0.3 is 0 Å². The van der Waals surface area contributed by atoms with Crippen molar-refractivity contribution in [2.45, 2.75) is 10.7 Å². The van der Waals surface area contributed by atoms with Gasteiger partial charge in [0.15, 0.2) is 0 Å². The number of nitrogen functional groups attached to an aromatic ring is 1. The van der Waals surface area contributed by atoms with Crippen molar-refractivity contribution in [1.82, 2.24) is 0 Å². The first-order chi connectivity index (χ1) is 9.99. The fourth-order valence-electron chi connectivity index (χ4n) is 1.68. The van der Waals surface area contributed by atoms with Crippen LogP contribution in [0.4, 0.5) is 20.2 Å². The molecular weight excluding hydrogens is 318 g/mol. The van der Waals surface area contributed by atoms with Crippen molar-refractivity contribution in [2.24, 2.45) is 0 Å². The van der Waals surface area contributed by atoms with E-state index >= 15 is 0 Å². The van der Waals surface area contributed by atoms with Gasteiger partial charge in [0.1, 0.15) is 0 Å². The van der Waals surface area contributed by atoms with Crippen LogP contribution < -0.4 is 11.1 Å². The highest BCUT2D eigenvalue weighted by Crippen LogP contribution is 2.32. The predicted octanol–water partition coefficient (Wildman–Crippen LogP) is 4.49. The number of para-hydroxylation sites is 1. The van der Waals surface area contributed by atoms with E-state index in [-0.39, 0.29) is 21.2 Å². The summed E-state index contributed by atoms with van der Waals surface area (Å²) in [5.41, 5.74) is 6.40. The molecule has 3 N–H and O–H groups in total. The third-order valence-corrected chi connectivity index (χ3v) is 3.83. The molecule has 110 valence electrons. The van der Waals surface area contributed by atoms with Crippen LogP contribution in [0.15, 0.2) is 47.4 Å². The van der Waals surface area contributed by atoms with Gasteiger partial charge in [0, 0.05) is 4.90 Å². The summed E-state index contributed by atoms with van der Waals surface area (Å²) in [4.78, 5) is 12.5. The highest BCUT2D eigenvalue weighted by molar-refractivity contribution is 7.99. The molecule has 0 aliphatic rings. The number of halogens is 3. The topological polar surface area (TPSA) is 55.1 Å². The molecule has 0 aromatic heterocycles. The largest absolute Gasteiger partial charge is 0.398 e. The summed E-state index contributed by atoms with van der Waals surface area (Å²) in [7, 11) is 0. The summed E-state index contributed by atoms with van der Waals surface area (Å²) in [6.07, 6.45) is 0. The Labute approximate surface area is 129 Å². The second-order valence-corrected chi connectivity index (χ2v) is 5.45. The molecule has 2 aromatic rings. The van der Waals surface area contributed by atoms with E-state index in [1.165, 1.54) is 12.1 Å². The van der Waals surface area contributed by atoms with Gasteiger partial charge in [-0.05, 0) is 24.3 Å². The number of hydrogen-bond donors (Lipinski definition) is 2. The molecule has 0 radical (unpaired) electrons. The van der Waals surface area contributed by atoms with E-state index in [0.29, 0.717) is 17.4 Å². The Morgan fingerprint density at radius 1 is 1.19 bits per heavy atom. The second kappa shape index (κ2) is 6.78. The Bertz CT molecular complexity index is 667. The van der Waals surface area contributed by atoms with Gasteiger partial charge < -0.3 is 11.1 Å². The van der Waals surface area contributed by atoms with E-state index in [1.54, 1.807) is 30.3 Å². The first kappa shape index (κ1) is 15.6. The molecule has 0 saturated carbocycles. The first-order valence-corrected chi connectivity index (χ1v) is 7.14. The van der Waals surface area contributed by atoms with Crippen molar-refractivity contribution in [2.75, 3.05) is 11.1 Å². The van der Waals surface area contributed by atoms with Crippen molar-refractivity contribution in [3.05, 3.63) is 53.1 Å². The standard InChI is InChI=1S/C14H11ClF2N2OS/c15-12-8(4-3-5-9(12)18)13(20)19-10-6-1-2-7-11(10)21-14(16)17/h1-7,14H,18H2,(H,19,20). The fourth-order valence-corrected chi connectivity index (χ4v) is 2.49. The van der Waals surface area contributed by atoms with E-state index in [0.717, 1.165) is 0 Å². The van der Waals surface area contributed by atoms with Gasteiger partial charge in [-0.2, -0.15) is 8.78 Å². The van der Waals surface area contributed by atoms with E-state index in [4.69, 9.17) is 17.3 Å². The zero-order chi connectivity index (χ0) is 15.4. The summed E-state index contributed by atoms with van der Waals surface area (Å²) in [5, 5.41) is 2.70. The number of hydrogen-bond acceptors (Lipinski definition) is 3. The molecule has 0 aliphatic carbocycles. The SMILES string of the molecule is Nc1cccc(C(=O)Nc2ccccc2SC(F)F)c1Cl. The lowest BCUT2D eigenvalue weighted by Crippen LogP contribution is -2.13. The van der Waals surface area contributed by atoms with Crippen molar-refractivity contribution >= 4 is 40.6 Å². The Morgan fingerprint density at radius 2 is 1.90 bits per heavy atom. The average molecular weight is 329 g/mol. The maximum Gasteiger partial charge on any atom is 0.288 e. The van der Waals surface area contributed by atoms with Gasteiger partial charge in [0.2, 0.25) is 0 Å². The lowest BCUT2D eigenvalue weighted by molar-refractivity contribution is 0.102. The summed E-state index contributed by atoms with van der Waals surface area (Å²) in [6.45, 7) is 0. The van der Waals surface area contributed by atoms with E-state index in [1.807, 2.05) is 0 Å². The van der Waals surface area contributed by atoms with Crippen LogP contribution >= 0.6 is 23.4 Å². The molecule has 2 rings (SSSR count). The van der Waals surface area contributed by atoms with Crippen LogP contribution in [0.25, 0.3) is 0 Å². The third kappa shape index (κ3) is 3.86. The summed E-state index contributed by atoms with van der Waals surface area (Å²) >= 11 is 6.33. The molecular formula is C14H11ClF2N2OS. The highest BCUT2D eigenvalue weighted by Gasteiger charge is 2.15. The minimum atomic E-state index is -2.57. The summed E-state index contributed by atoms with van der Waals surface area (Å²) < 4.78 is 25.0. The molecule has 0 aliphatic heterocycles. The quantitative estimate of drug-likeness (QED) is 0.642. The molecule has 0 fully saturated rings. The van der Waals surface area contributed by atoms with Gasteiger partial charge in [0.05, 0.1) is 22.0 Å². The number of benzene rings is 2. The number of alkyl halides is 2. The Hall–Kier alpha value is -1.79. The van der Waals surface area contributed by atoms with E-state index in [2.05, 4.69) is 5.32 Å². The van der Waals surface area contributed by atoms with Crippen LogP contribution in [0, 0.1) is 0 Å². The molecule has 1 amide bonds. The zero-order valence-electron chi connectivity index (χ0n) is 10.6. The number of rotatable bonds is 4. The Balaban J connectivity index is 2.26. The van der Waals surface area contributed by atoms with Crippen molar-refractivity contribution < 1.29 is 13.6 Å². The predicted molar refractivity (Wildman–Crippen MR) is 82.1 cm³/mol. The maximum absolute atomic E-state index is 12.5. The van der Waals surface area contributed by atoms with Crippen molar-refractivity contribution in [3.63, 3.8) is 0 Å². The molecule has 0 bridgehead atoms. The molecule has 3 nitrogen and oxygen atoms in total. The van der Waals surface area contributed by atoms with Crippen LogP contribution in [0.1, 0.15) is 10.4 Å². The summed E-state index contributed by atoms with van der Waals surface area (Å²) in [5.74, 6) is -3.08. The number of amides is 1. The van der Waals surface area contributed by atoms with Gasteiger partial charge in [-0.25, -0.2) is 0 Å². The minimum absolute atomic E-state index is 0.133. The lowest BCUT2D eigenvalue weighted by Gasteiger charge is -2.11. The number of carbonyl (C=O) groups is 1. The van der Waals surface area contributed by atoms with Gasteiger partial charge in [0.25, 0.3) is 11.7 Å². The number of nitrogens with two attached hydrogens (primary N) is 1. The highest BCUT2D eigenvalue weighted by atomic mass is 35.5. The van der Waals surface area contributed by atoms with Gasteiger partial charge in [-0.3, -0.25) is 4.79 Å². The smallest absolute Gasteiger partial charge is 0.288 e. The summed E-state index contributed by atoms with van der Waals surface area (Å²) in [6, 6.07) is 11.0. The fraction of sp³-hybridized carbons (Fsp3) is 0.0714. The lowest BCUT2D eigenvalue weighted by atomic mass is 10.2. The van der Waals surface area contributed by atoms with Crippen LogP contribution in [0.3, 0.4) is 0 Å². The molecule has 0 unspecified atom stereocenters. The van der Waals surface area contributed by atoms with Crippen LogP contribution in [0.2, 0.25) is 5.02 Å². The number of anilines is 2. The number of carbonyl (C=O) groups excluding carboxylic acids is 1.